The van der Waals surface area contributed by atoms with Crippen LogP contribution in [-0.2, 0) is 30.8 Å². The Morgan fingerprint density at radius 3 is 2.38 bits per heavy atom. The number of nitrogens with zero attached hydrogens (tertiary/aromatic N) is 4. The van der Waals surface area contributed by atoms with E-state index in [1.165, 1.54) is 4.88 Å². The Balaban J connectivity index is 1.45. The van der Waals surface area contributed by atoms with Crippen molar-refractivity contribution >= 4 is 50.1 Å². The van der Waals surface area contributed by atoms with Crippen LogP contribution in [-0.4, -0.2) is 75.6 Å². The highest BCUT2D eigenvalue weighted by molar-refractivity contribution is 7.90. The number of allylic oxidation sites excluding steroid dienone is 2. The Morgan fingerprint density at radius 1 is 1.07 bits per heavy atom. The maximum absolute atomic E-state index is 14.4. The summed E-state index contributed by atoms with van der Waals surface area (Å²) in [6, 6.07) is 5.47. The van der Waals surface area contributed by atoms with E-state index in [0.717, 1.165) is 40.1 Å². The minimum atomic E-state index is -3.92. The average molecular weight is 837 g/mol. The number of ether oxygens (including phenoxy) is 1. The number of carbonyl (C=O) groups is 3. The summed E-state index contributed by atoms with van der Waals surface area (Å²) in [5, 5.41) is 3.84. The molecule has 0 radical (unpaired) electrons. The molecule has 3 aromatic rings. The molecule has 1 aromatic carbocycles. The van der Waals surface area contributed by atoms with Gasteiger partial charge in [-0.05, 0) is 81.8 Å². The van der Waals surface area contributed by atoms with E-state index in [1.54, 1.807) is 22.3 Å². The number of nitrogens with one attached hydrogen (secondary N) is 2. The quantitative estimate of drug-likeness (QED) is 0.0908. The first kappa shape index (κ1) is 45.1. The summed E-state index contributed by atoms with van der Waals surface area (Å²) in [7, 11) is -3.92. The van der Waals surface area contributed by atoms with E-state index in [1.807, 2.05) is 63.5 Å². The van der Waals surface area contributed by atoms with Crippen molar-refractivity contribution in [1.29, 1.82) is 0 Å². The molecule has 5 rings (SSSR count). The molecule has 3 heterocycles. The smallest absolute Gasteiger partial charge is 0.297 e. The highest BCUT2D eigenvalue weighted by Crippen LogP contribution is 2.47. The van der Waals surface area contributed by atoms with Crippen LogP contribution in [0, 0.1) is 17.3 Å². The second-order valence-corrected chi connectivity index (χ2v) is 20.6. The van der Waals surface area contributed by atoms with Crippen LogP contribution in [0.1, 0.15) is 130 Å². The first-order valence-electron chi connectivity index (χ1n) is 20.8. The van der Waals surface area contributed by atoms with Gasteiger partial charge in [0.05, 0.1) is 23.5 Å². The molecule has 0 bridgehead atoms. The van der Waals surface area contributed by atoms with Gasteiger partial charge in [-0.25, -0.2) is 13.4 Å². The van der Waals surface area contributed by atoms with Gasteiger partial charge in [0.25, 0.3) is 11.9 Å². The van der Waals surface area contributed by atoms with Gasteiger partial charge in [-0.3, -0.25) is 23.7 Å². The third kappa shape index (κ3) is 9.70. The molecule has 1 saturated carbocycles. The van der Waals surface area contributed by atoms with E-state index in [0.29, 0.717) is 38.1 Å². The van der Waals surface area contributed by atoms with Crippen LogP contribution >= 0.6 is 11.3 Å². The highest BCUT2D eigenvalue weighted by atomic mass is 32.2. The van der Waals surface area contributed by atoms with E-state index in [2.05, 4.69) is 50.9 Å². The lowest BCUT2D eigenvalue weighted by atomic mass is 9.81. The number of aromatic nitrogens is 3. The number of hydrogen-bond acceptors (Lipinski definition) is 9. The Bertz CT molecular complexity index is 2110. The first-order chi connectivity index (χ1) is 27.3. The molecule has 12 nitrogen and oxygen atoms in total. The Morgan fingerprint density at radius 2 is 1.78 bits per heavy atom. The molecule has 5 atom stereocenters. The lowest BCUT2D eigenvalue weighted by Gasteiger charge is -2.33. The van der Waals surface area contributed by atoms with E-state index < -0.39 is 45.4 Å². The van der Waals surface area contributed by atoms with Gasteiger partial charge in [0.15, 0.2) is 0 Å². The molecular weight excluding hydrogens is 773 g/mol. The Labute approximate surface area is 349 Å². The number of unbranched alkanes of at least 4 members (excludes halogenated alkanes) is 2. The normalized spacial score (nSPS) is 21.4. The summed E-state index contributed by atoms with van der Waals surface area (Å²) >= 11 is 1.68. The van der Waals surface area contributed by atoms with Crippen molar-refractivity contribution in [3.63, 3.8) is 0 Å². The zero-order valence-corrected chi connectivity index (χ0v) is 37.5. The van der Waals surface area contributed by atoms with Gasteiger partial charge in [0, 0.05) is 28.8 Å². The van der Waals surface area contributed by atoms with Crippen LogP contribution < -0.4 is 14.8 Å². The van der Waals surface area contributed by atoms with Crippen LogP contribution in [0.4, 0.5) is 0 Å². The summed E-state index contributed by atoms with van der Waals surface area (Å²) in [5.41, 5.74) is 1.87. The lowest BCUT2D eigenvalue weighted by molar-refractivity contribution is -0.144. The van der Waals surface area contributed by atoms with Crippen LogP contribution in [0.2, 0.25) is 0 Å². The van der Waals surface area contributed by atoms with Crippen molar-refractivity contribution in [2.24, 2.45) is 17.3 Å². The number of likely N-dealkylation sites (tertiary alicyclic amines) is 1. The fourth-order valence-electron chi connectivity index (χ4n) is 7.81. The van der Waals surface area contributed by atoms with Gasteiger partial charge in [-0.2, -0.15) is 4.98 Å². The number of aryl methyl sites for hydroxylation is 1. The second kappa shape index (κ2) is 18.1. The number of carbonyl (C=O) groups excluding carboxylic acids is 3. The van der Waals surface area contributed by atoms with Crippen molar-refractivity contribution in [3.05, 3.63) is 54.1 Å². The Hall–Kier alpha value is -4.04. The summed E-state index contributed by atoms with van der Waals surface area (Å²) in [5.74, 6) is -2.06. The number of benzene rings is 1. The van der Waals surface area contributed by atoms with E-state index >= 15 is 0 Å². The van der Waals surface area contributed by atoms with Gasteiger partial charge in [0.1, 0.15) is 28.2 Å². The molecule has 2 fully saturated rings. The molecule has 14 heteroatoms. The summed E-state index contributed by atoms with van der Waals surface area (Å²) in [4.78, 5) is 55.3. The SMILES string of the molecule is C=CCCCCS(=O)(=O)NC(=O)[C@@]1(NC(=O)[C@@H]2C[C@@H](Oc3nc4c(-c5nc(C(C)C)c(CCC=C)s5)cccc4n3C(C)C)CN2C(=O)[C@@H](C)C(C)(C)C)C[C@H]1CC. The molecular formula is C44H64N6O6S2. The van der Waals surface area contributed by atoms with Crippen molar-refractivity contribution in [2.45, 2.75) is 143 Å². The van der Waals surface area contributed by atoms with E-state index in [9.17, 15) is 22.8 Å². The standard InChI is InChI=1S/C44H64N6O6S2/c1-12-15-17-18-23-58(54,55)48-41(53)44(25-30(44)14-3)47-38(51)34-24-31(26-49(34)40(52)29(8)43(9,10)11)56-42-46-37-32(20-19-21-33(37)50(42)28(6)7)39-45-36(27(4)5)35(57-39)22-16-13-2/h12-13,19-21,27-31,34H,1-2,14-18,22-26H2,3-11H3,(H,47,51)(H,48,53)/t29-,30-,31-,34+,44-/m1/s1. The molecule has 1 aliphatic heterocycles. The molecule has 1 saturated heterocycles. The zero-order valence-electron chi connectivity index (χ0n) is 35.9. The molecule has 1 aliphatic carbocycles. The molecule has 0 unspecified atom stereocenters. The van der Waals surface area contributed by atoms with Crippen molar-refractivity contribution in [2.75, 3.05) is 12.3 Å². The van der Waals surface area contributed by atoms with Gasteiger partial charge >= 0.3 is 0 Å². The molecule has 2 aliphatic rings. The molecule has 58 heavy (non-hydrogen) atoms. The van der Waals surface area contributed by atoms with Gasteiger partial charge in [0.2, 0.25) is 21.8 Å². The third-order valence-corrected chi connectivity index (χ3v) is 14.2. The molecule has 2 N–H and O–H groups in total. The van der Waals surface area contributed by atoms with Crippen LogP contribution in [0.5, 0.6) is 6.01 Å². The number of sulfonamides is 1. The van der Waals surface area contributed by atoms with Crippen molar-refractivity contribution < 1.29 is 27.5 Å². The lowest BCUT2D eigenvalue weighted by Crippen LogP contribution is -2.57. The number of imidazole rings is 1. The largest absolute Gasteiger partial charge is 0.459 e. The number of rotatable bonds is 19. The summed E-state index contributed by atoms with van der Waals surface area (Å²) in [6.07, 6.45) is 7.53. The fourth-order valence-corrected chi connectivity index (χ4v) is 10.2. The van der Waals surface area contributed by atoms with Crippen LogP contribution in [0.15, 0.2) is 43.5 Å². The van der Waals surface area contributed by atoms with Crippen molar-refractivity contribution in [1.82, 2.24) is 29.5 Å². The number of fused-ring (bicyclic) bond motifs is 1. The maximum Gasteiger partial charge on any atom is 0.297 e. The van der Waals surface area contributed by atoms with Crippen molar-refractivity contribution in [3.8, 4) is 16.6 Å². The molecule has 2 aromatic heterocycles. The zero-order chi connectivity index (χ0) is 42.7. The van der Waals surface area contributed by atoms with E-state index in [4.69, 9.17) is 14.7 Å². The van der Waals surface area contributed by atoms with Crippen LogP contribution in [0.25, 0.3) is 21.6 Å². The topological polar surface area (TPSA) is 153 Å². The first-order valence-corrected chi connectivity index (χ1v) is 23.3. The predicted molar refractivity (Wildman–Crippen MR) is 232 cm³/mol. The molecule has 318 valence electrons. The average Bonchev–Trinajstić information content (AvgIpc) is 3.43. The Kier molecular flexibility index (Phi) is 14.0. The number of hydrogen-bond donors (Lipinski definition) is 2. The summed E-state index contributed by atoms with van der Waals surface area (Å²) < 4.78 is 36.8. The number of para-hydroxylation sites is 1. The number of amides is 3. The van der Waals surface area contributed by atoms with Gasteiger partial charge < -0.3 is 15.0 Å². The fraction of sp³-hybridized carbons (Fsp3) is 0.614. The van der Waals surface area contributed by atoms with E-state index in [-0.39, 0.29) is 47.9 Å². The maximum atomic E-state index is 14.4. The van der Waals surface area contributed by atoms with Crippen LogP contribution in [0.3, 0.4) is 0 Å². The van der Waals surface area contributed by atoms with Gasteiger partial charge in [-0.15, -0.1) is 24.5 Å². The predicted octanol–water partition coefficient (Wildman–Crippen LogP) is 8.10. The molecule has 0 spiro atoms. The van der Waals surface area contributed by atoms with Gasteiger partial charge in [-0.1, -0.05) is 73.1 Å². The minimum Gasteiger partial charge on any atom is -0.459 e. The summed E-state index contributed by atoms with van der Waals surface area (Å²) in [6.45, 7) is 25.9. The minimum absolute atomic E-state index is 0.0300. The highest BCUT2D eigenvalue weighted by Gasteiger charge is 2.61. The second-order valence-electron chi connectivity index (χ2n) is 17.7. The number of thiazole rings is 1. The molecule has 3 amide bonds. The monoisotopic (exact) mass is 836 g/mol. The third-order valence-electron chi connectivity index (χ3n) is 11.7.